The summed E-state index contributed by atoms with van der Waals surface area (Å²) in [5.41, 5.74) is 2.30. The molecule has 0 bridgehead atoms. The quantitative estimate of drug-likeness (QED) is 0.504. The Morgan fingerprint density at radius 1 is 1.08 bits per heavy atom. The van der Waals surface area contributed by atoms with E-state index in [9.17, 15) is 14.9 Å². The fraction of sp³-hybridized carbons (Fsp3) is 0.167. The minimum atomic E-state index is -0.456. The van der Waals surface area contributed by atoms with Gasteiger partial charge in [-0.3, -0.25) is 14.9 Å². The maximum atomic E-state index is 12.9. The molecule has 0 amide bonds. The number of fused-ring (bicyclic) bond motifs is 5. The minimum absolute atomic E-state index is 0.0640. The van der Waals surface area contributed by atoms with E-state index in [0.717, 1.165) is 11.1 Å². The summed E-state index contributed by atoms with van der Waals surface area (Å²) in [7, 11) is 0. The van der Waals surface area contributed by atoms with Crippen molar-refractivity contribution in [3.63, 3.8) is 0 Å². The Balaban J connectivity index is 1.86. The fourth-order valence-electron chi connectivity index (χ4n) is 3.63. The molecule has 0 fully saturated rings. The van der Waals surface area contributed by atoms with E-state index in [2.05, 4.69) is 0 Å². The number of hydrogen-bond acceptors (Lipinski definition) is 5. The molecular formula is C18H12N2O5. The highest BCUT2D eigenvalue weighted by atomic mass is 16.7. The third-order valence-electron chi connectivity index (χ3n) is 4.81. The smallest absolute Gasteiger partial charge is 0.277 e. The second-order valence-electron chi connectivity index (χ2n) is 6.09. The average molecular weight is 336 g/mol. The Morgan fingerprint density at radius 3 is 2.68 bits per heavy atom. The van der Waals surface area contributed by atoms with Crippen LogP contribution >= 0.6 is 0 Å². The molecule has 0 saturated carbocycles. The lowest BCUT2D eigenvalue weighted by atomic mass is 9.95. The first-order valence-corrected chi connectivity index (χ1v) is 7.87. The summed E-state index contributed by atoms with van der Waals surface area (Å²) in [4.78, 5) is 23.8. The van der Waals surface area contributed by atoms with Gasteiger partial charge in [0, 0.05) is 18.2 Å². The predicted molar refractivity (Wildman–Crippen MR) is 90.1 cm³/mol. The summed E-state index contributed by atoms with van der Waals surface area (Å²) in [6.45, 7) is 0.702. The predicted octanol–water partition coefficient (Wildman–Crippen LogP) is 2.86. The van der Waals surface area contributed by atoms with Crippen LogP contribution < -0.4 is 15.0 Å². The van der Waals surface area contributed by atoms with Crippen LogP contribution in [0.25, 0.3) is 22.0 Å². The number of aryl methyl sites for hydroxylation is 1. The minimum Gasteiger partial charge on any atom is -0.454 e. The number of benzene rings is 2. The SMILES string of the molecule is O=c1c2cccc([N+](=O)[O-])c2cc2n1CCc1cc3c(cc1-2)OCO3. The second kappa shape index (κ2) is 4.83. The highest BCUT2D eigenvalue weighted by Crippen LogP contribution is 2.41. The van der Waals surface area contributed by atoms with Crippen LogP contribution in [0.15, 0.2) is 41.2 Å². The van der Waals surface area contributed by atoms with Crippen LogP contribution in [0.5, 0.6) is 11.5 Å². The van der Waals surface area contributed by atoms with Crippen molar-refractivity contribution in [2.75, 3.05) is 6.79 Å². The van der Waals surface area contributed by atoms with Crippen LogP contribution in [0, 0.1) is 10.1 Å². The first-order chi connectivity index (χ1) is 12.1. The van der Waals surface area contributed by atoms with E-state index in [4.69, 9.17) is 9.47 Å². The largest absolute Gasteiger partial charge is 0.454 e. The van der Waals surface area contributed by atoms with Gasteiger partial charge in [-0.25, -0.2) is 0 Å². The Labute approximate surface area is 141 Å². The molecule has 2 aliphatic heterocycles. The Kier molecular flexibility index (Phi) is 2.71. The number of hydrogen-bond donors (Lipinski definition) is 0. The molecule has 0 N–H and O–H groups in total. The molecule has 0 unspecified atom stereocenters. The van der Waals surface area contributed by atoms with Gasteiger partial charge in [-0.15, -0.1) is 0 Å². The molecule has 0 aliphatic carbocycles. The van der Waals surface area contributed by atoms with Gasteiger partial charge in [0.05, 0.1) is 21.4 Å². The summed E-state index contributed by atoms with van der Waals surface area (Å²) >= 11 is 0. The van der Waals surface area contributed by atoms with E-state index < -0.39 is 4.92 Å². The molecule has 0 saturated heterocycles. The first-order valence-electron chi connectivity index (χ1n) is 7.87. The van der Waals surface area contributed by atoms with Gasteiger partial charge in [0.1, 0.15) is 0 Å². The summed E-state index contributed by atoms with van der Waals surface area (Å²) in [5.74, 6) is 1.32. The van der Waals surface area contributed by atoms with Crippen molar-refractivity contribution in [3.8, 4) is 22.8 Å². The van der Waals surface area contributed by atoms with E-state index in [1.165, 1.54) is 6.07 Å². The van der Waals surface area contributed by atoms with Crippen LogP contribution in [-0.2, 0) is 13.0 Å². The summed E-state index contributed by atoms with van der Waals surface area (Å²) in [6, 6.07) is 10.1. The van der Waals surface area contributed by atoms with Crippen molar-refractivity contribution in [1.29, 1.82) is 0 Å². The van der Waals surface area contributed by atoms with Gasteiger partial charge >= 0.3 is 0 Å². The lowest BCUT2D eigenvalue weighted by Crippen LogP contribution is -2.26. The molecule has 5 rings (SSSR count). The van der Waals surface area contributed by atoms with Crippen LogP contribution in [0.4, 0.5) is 5.69 Å². The molecule has 0 radical (unpaired) electrons. The number of ether oxygens (including phenoxy) is 2. The summed E-state index contributed by atoms with van der Waals surface area (Å²) in [6.07, 6.45) is 0.694. The van der Waals surface area contributed by atoms with E-state index in [0.29, 0.717) is 40.9 Å². The van der Waals surface area contributed by atoms with Crippen LogP contribution in [-0.4, -0.2) is 16.3 Å². The molecule has 25 heavy (non-hydrogen) atoms. The lowest BCUT2D eigenvalue weighted by molar-refractivity contribution is -0.383. The van der Waals surface area contributed by atoms with Gasteiger partial charge < -0.3 is 14.0 Å². The highest BCUT2D eigenvalue weighted by Gasteiger charge is 2.25. The molecular weight excluding hydrogens is 324 g/mol. The maximum Gasteiger partial charge on any atom is 0.277 e. The first kappa shape index (κ1) is 14.0. The number of rotatable bonds is 1. The van der Waals surface area contributed by atoms with Crippen LogP contribution in [0.1, 0.15) is 5.56 Å². The molecule has 3 heterocycles. The molecule has 0 spiro atoms. The van der Waals surface area contributed by atoms with Gasteiger partial charge in [-0.1, -0.05) is 6.07 Å². The average Bonchev–Trinajstić information content (AvgIpc) is 3.07. The molecule has 124 valence electrons. The topological polar surface area (TPSA) is 83.6 Å². The highest BCUT2D eigenvalue weighted by molar-refractivity contribution is 5.93. The molecule has 3 aromatic rings. The van der Waals surface area contributed by atoms with Crippen molar-refractivity contribution in [2.45, 2.75) is 13.0 Å². The van der Waals surface area contributed by atoms with Crippen molar-refractivity contribution in [2.24, 2.45) is 0 Å². The van der Waals surface area contributed by atoms with E-state index in [1.54, 1.807) is 22.8 Å². The molecule has 0 atom stereocenters. The lowest BCUT2D eigenvalue weighted by Gasteiger charge is -2.22. The number of nitro benzene ring substituents is 1. The Morgan fingerprint density at radius 2 is 1.88 bits per heavy atom. The van der Waals surface area contributed by atoms with E-state index in [-0.39, 0.29) is 18.0 Å². The molecule has 2 aliphatic rings. The maximum absolute atomic E-state index is 12.9. The van der Waals surface area contributed by atoms with Gasteiger partial charge in [0.15, 0.2) is 11.5 Å². The molecule has 7 heteroatoms. The number of nitro groups is 1. The van der Waals surface area contributed by atoms with Gasteiger partial charge in [0.25, 0.3) is 11.2 Å². The van der Waals surface area contributed by atoms with Crippen LogP contribution in [0.2, 0.25) is 0 Å². The number of nitrogens with zero attached hydrogens (tertiary/aromatic N) is 2. The van der Waals surface area contributed by atoms with Crippen molar-refractivity contribution in [3.05, 3.63) is 62.4 Å². The Hall–Kier alpha value is -3.35. The van der Waals surface area contributed by atoms with Crippen LogP contribution in [0.3, 0.4) is 0 Å². The third-order valence-corrected chi connectivity index (χ3v) is 4.81. The fourth-order valence-corrected chi connectivity index (χ4v) is 3.63. The number of non-ortho nitro benzene ring substituents is 1. The number of pyridine rings is 1. The zero-order valence-corrected chi connectivity index (χ0v) is 13.0. The third kappa shape index (κ3) is 1.89. The molecule has 7 nitrogen and oxygen atoms in total. The van der Waals surface area contributed by atoms with E-state index in [1.807, 2.05) is 12.1 Å². The molecule has 1 aromatic heterocycles. The monoisotopic (exact) mass is 336 g/mol. The summed E-state index contributed by atoms with van der Waals surface area (Å²) in [5, 5.41) is 12.1. The standard InChI is InChI=1S/C18H12N2O5/c21-18-11-2-1-3-14(20(22)23)13(11)7-15-12-8-17-16(24-9-25-17)6-10(12)4-5-19(15)18/h1-3,6-8H,4-5,9H2. The van der Waals surface area contributed by atoms with Gasteiger partial charge in [-0.2, -0.15) is 0 Å². The van der Waals surface area contributed by atoms with E-state index >= 15 is 0 Å². The number of aromatic nitrogens is 1. The summed E-state index contributed by atoms with van der Waals surface area (Å²) < 4.78 is 12.5. The van der Waals surface area contributed by atoms with Crippen molar-refractivity contribution < 1.29 is 14.4 Å². The zero-order valence-electron chi connectivity index (χ0n) is 13.0. The van der Waals surface area contributed by atoms with Gasteiger partial charge in [-0.05, 0) is 36.2 Å². The van der Waals surface area contributed by atoms with Crippen molar-refractivity contribution in [1.82, 2.24) is 4.57 Å². The normalized spacial score (nSPS) is 14.2. The van der Waals surface area contributed by atoms with Gasteiger partial charge in [0.2, 0.25) is 6.79 Å². The molecule has 2 aromatic carbocycles. The second-order valence-corrected chi connectivity index (χ2v) is 6.09. The van der Waals surface area contributed by atoms with Crippen molar-refractivity contribution >= 4 is 16.5 Å². The zero-order chi connectivity index (χ0) is 17.1. The Bertz CT molecular complexity index is 1130.